The van der Waals surface area contributed by atoms with Crippen LogP contribution in [0.15, 0.2) is 24.3 Å². The Balaban J connectivity index is 0.00000242. The van der Waals surface area contributed by atoms with E-state index >= 15 is 0 Å². The van der Waals surface area contributed by atoms with Gasteiger partial charge in [0.25, 0.3) is 5.91 Å². The van der Waals surface area contributed by atoms with Gasteiger partial charge in [-0.25, -0.2) is 0 Å². The van der Waals surface area contributed by atoms with E-state index in [0.29, 0.717) is 23.5 Å². The standard InChI is InChI=1S/C17H24N2O2.ClH/c1-3-16(20)14-4-6-15(7-5-14)17(21)19-10-8-13(9-11-19)12-18-2;/h4-7,13,18H,3,8-12H2,1-2H3;1H. The van der Waals surface area contributed by atoms with Crippen LogP contribution >= 0.6 is 12.4 Å². The van der Waals surface area contributed by atoms with Crippen LogP contribution in [-0.4, -0.2) is 43.3 Å². The largest absolute Gasteiger partial charge is 0.339 e. The van der Waals surface area contributed by atoms with Crippen molar-refractivity contribution in [1.29, 1.82) is 0 Å². The molecule has 1 N–H and O–H groups in total. The lowest BCUT2D eigenvalue weighted by Gasteiger charge is -2.32. The number of nitrogens with zero attached hydrogens (tertiary/aromatic N) is 1. The van der Waals surface area contributed by atoms with Crippen molar-refractivity contribution < 1.29 is 9.59 Å². The monoisotopic (exact) mass is 324 g/mol. The van der Waals surface area contributed by atoms with Gasteiger partial charge in [-0.15, -0.1) is 12.4 Å². The van der Waals surface area contributed by atoms with E-state index in [2.05, 4.69) is 5.32 Å². The van der Waals surface area contributed by atoms with Crippen LogP contribution in [0.5, 0.6) is 0 Å². The van der Waals surface area contributed by atoms with Crippen molar-refractivity contribution in [2.75, 3.05) is 26.7 Å². The average Bonchev–Trinajstić information content (AvgIpc) is 2.54. The number of halogens is 1. The second-order valence-corrected chi connectivity index (χ2v) is 5.65. The number of likely N-dealkylation sites (tertiary alicyclic amines) is 1. The van der Waals surface area contributed by atoms with Gasteiger partial charge in [0.1, 0.15) is 0 Å². The van der Waals surface area contributed by atoms with Crippen molar-refractivity contribution in [3.05, 3.63) is 35.4 Å². The van der Waals surface area contributed by atoms with E-state index in [0.717, 1.165) is 32.5 Å². The van der Waals surface area contributed by atoms with Gasteiger partial charge in [0.05, 0.1) is 0 Å². The number of carbonyl (C=O) groups excluding carboxylic acids is 2. The van der Waals surface area contributed by atoms with E-state index in [1.807, 2.05) is 18.9 Å². The first-order valence-corrected chi connectivity index (χ1v) is 7.72. The molecule has 1 saturated heterocycles. The first-order valence-electron chi connectivity index (χ1n) is 7.72. The molecule has 0 unspecified atom stereocenters. The summed E-state index contributed by atoms with van der Waals surface area (Å²) in [7, 11) is 1.97. The van der Waals surface area contributed by atoms with Crippen molar-refractivity contribution >= 4 is 24.1 Å². The Hall–Kier alpha value is -1.39. The third kappa shape index (κ3) is 4.55. The molecule has 0 atom stereocenters. The van der Waals surface area contributed by atoms with Gasteiger partial charge >= 0.3 is 0 Å². The van der Waals surface area contributed by atoms with Crippen LogP contribution in [0, 0.1) is 5.92 Å². The van der Waals surface area contributed by atoms with Crippen LogP contribution in [0.3, 0.4) is 0 Å². The van der Waals surface area contributed by atoms with Crippen LogP contribution < -0.4 is 5.32 Å². The molecule has 0 radical (unpaired) electrons. The maximum Gasteiger partial charge on any atom is 0.253 e. The molecule has 0 aromatic heterocycles. The zero-order chi connectivity index (χ0) is 15.2. The van der Waals surface area contributed by atoms with E-state index in [1.54, 1.807) is 24.3 Å². The van der Waals surface area contributed by atoms with Crippen molar-refractivity contribution in [1.82, 2.24) is 10.2 Å². The summed E-state index contributed by atoms with van der Waals surface area (Å²) in [6, 6.07) is 7.05. The fourth-order valence-electron chi connectivity index (χ4n) is 2.81. The van der Waals surface area contributed by atoms with Gasteiger partial charge in [-0.3, -0.25) is 9.59 Å². The third-order valence-electron chi connectivity index (χ3n) is 4.17. The number of benzene rings is 1. The number of rotatable bonds is 5. The lowest BCUT2D eigenvalue weighted by atomic mass is 9.96. The predicted molar refractivity (Wildman–Crippen MR) is 90.9 cm³/mol. The van der Waals surface area contributed by atoms with E-state index in [1.165, 1.54) is 0 Å². The molecule has 22 heavy (non-hydrogen) atoms. The van der Waals surface area contributed by atoms with Crippen molar-refractivity contribution in [2.45, 2.75) is 26.2 Å². The summed E-state index contributed by atoms with van der Waals surface area (Å²) in [6.07, 6.45) is 2.60. The van der Waals surface area contributed by atoms with Crippen molar-refractivity contribution in [3.63, 3.8) is 0 Å². The number of ketones is 1. The molecule has 1 amide bonds. The normalized spacial score (nSPS) is 15.3. The number of piperidine rings is 1. The molecule has 5 heteroatoms. The van der Waals surface area contributed by atoms with Crippen molar-refractivity contribution in [3.8, 4) is 0 Å². The molecular formula is C17H25ClN2O2. The Labute approximate surface area is 138 Å². The summed E-state index contributed by atoms with van der Waals surface area (Å²) in [4.78, 5) is 26.0. The molecule has 0 spiro atoms. The number of carbonyl (C=O) groups is 2. The minimum Gasteiger partial charge on any atom is -0.339 e. The summed E-state index contributed by atoms with van der Waals surface area (Å²) < 4.78 is 0. The highest BCUT2D eigenvalue weighted by Crippen LogP contribution is 2.18. The smallest absolute Gasteiger partial charge is 0.253 e. The van der Waals surface area contributed by atoms with E-state index < -0.39 is 0 Å². The lowest BCUT2D eigenvalue weighted by Crippen LogP contribution is -2.40. The fourth-order valence-corrected chi connectivity index (χ4v) is 2.81. The molecular weight excluding hydrogens is 300 g/mol. The van der Waals surface area contributed by atoms with Gasteiger partial charge in [0, 0.05) is 30.6 Å². The molecule has 1 aliphatic rings. The maximum atomic E-state index is 12.4. The van der Waals surface area contributed by atoms with Gasteiger partial charge in [-0.2, -0.15) is 0 Å². The summed E-state index contributed by atoms with van der Waals surface area (Å²) in [5.74, 6) is 0.860. The van der Waals surface area contributed by atoms with Gasteiger partial charge in [0.15, 0.2) is 5.78 Å². The summed E-state index contributed by atoms with van der Waals surface area (Å²) >= 11 is 0. The Morgan fingerprint density at radius 2 is 1.68 bits per heavy atom. The number of hydrogen-bond acceptors (Lipinski definition) is 3. The molecule has 1 fully saturated rings. The Morgan fingerprint density at radius 3 is 2.18 bits per heavy atom. The number of nitrogens with one attached hydrogen (secondary N) is 1. The minimum atomic E-state index is 0. The van der Waals surface area contributed by atoms with Crippen LogP contribution in [0.1, 0.15) is 46.9 Å². The van der Waals surface area contributed by atoms with Gasteiger partial charge < -0.3 is 10.2 Å². The zero-order valence-electron chi connectivity index (χ0n) is 13.3. The highest BCUT2D eigenvalue weighted by molar-refractivity contribution is 5.98. The summed E-state index contributed by atoms with van der Waals surface area (Å²) in [5, 5.41) is 3.20. The van der Waals surface area contributed by atoms with E-state index in [-0.39, 0.29) is 24.1 Å². The van der Waals surface area contributed by atoms with Gasteiger partial charge in [-0.05, 0) is 44.5 Å². The quantitative estimate of drug-likeness (QED) is 0.847. The molecule has 1 heterocycles. The lowest BCUT2D eigenvalue weighted by molar-refractivity contribution is 0.0690. The predicted octanol–water partition coefficient (Wildman–Crippen LogP) is 2.77. The van der Waals surface area contributed by atoms with Crippen LogP contribution in [-0.2, 0) is 0 Å². The molecule has 1 aromatic carbocycles. The first-order chi connectivity index (χ1) is 10.2. The third-order valence-corrected chi connectivity index (χ3v) is 4.17. The summed E-state index contributed by atoms with van der Waals surface area (Å²) in [5.41, 5.74) is 1.36. The Kier molecular flexibility index (Phi) is 7.56. The van der Waals surface area contributed by atoms with Crippen LogP contribution in [0.4, 0.5) is 0 Å². The topological polar surface area (TPSA) is 49.4 Å². The van der Waals surface area contributed by atoms with Gasteiger partial charge in [0.2, 0.25) is 0 Å². The second-order valence-electron chi connectivity index (χ2n) is 5.65. The molecule has 2 rings (SSSR count). The van der Waals surface area contributed by atoms with Crippen LogP contribution in [0.2, 0.25) is 0 Å². The molecule has 0 bridgehead atoms. The molecule has 1 aliphatic heterocycles. The van der Waals surface area contributed by atoms with E-state index in [4.69, 9.17) is 0 Å². The number of amides is 1. The number of Topliss-reactive ketones (excluding diaryl/α,β-unsaturated/α-hetero) is 1. The highest BCUT2D eigenvalue weighted by Gasteiger charge is 2.23. The maximum absolute atomic E-state index is 12.4. The SMILES string of the molecule is CCC(=O)c1ccc(C(=O)N2CCC(CNC)CC2)cc1.Cl. The number of hydrogen-bond donors (Lipinski definition) is 1. The highest BCUT2D eigenvalue weighted by atomic mass is 35.5. The fraction of sp³-hybridized carbons (Fsp3) is 0.529. The Morgan fingerprint density at radius 1 is 1.14 bits per heavy atom. The van der Waals surface area contributed by atoms with Gasteiger partial charge in [-0.1, -0.05) is 19.1 Å². The molecule has 122 valence electrons. The second kappa shape index (κ2) is 8.91. The molecule has 1 aromatic rings. The molecule has 4 nitrogen and oxygen atoms in total. The molecule has 0 saturated carbocycles. The average molecular weight is 325 g/mol. The first kappa shape index (κ1) is 18.7. The van der Waals surface area contributed by atoms with E-state index in [9.17, 15) is 9.59 Å². The zero-order valence-corrected chi connectivity index (χ0v) is 14.1. The minimum absolute atomic E-state index is 0. The summed E-state index contributed by atoms with van der Waals surface area (Å²) in [6.45, 7) is 4.51. The van der Waals surface area contributed by atoms with Crippen LogP contribution in [0.25, 0.3) is 0 Å². The molecule has 0 aliphatic carbocycles. The Bertz CT molecular complexity index is 494. The van der Waals surface area contributed by atoms with Crippen molar-refractivity contribution in [2.24, 2.45) is 5.92 Å².